The lowest BCUT2D eigenvalue weighted by molar-refractivity contribution is -0.128. The molecular weight excluding hydrogens is 365 g/mol. The van der Waals surface area contributed by atoms with Gasteiger partial charge < -0.3 is 4.90 Å². The number of aryl methyl sites for hydroxylation is 1. The predicted octanol–water partition coefficient (Wildman–Crippen LogP) is 3.36. The molecule has 1 aliphatic heterocycles. The largest absolute Gasteiger partial charge is 0.331 e. The van der Waals surface area contributed by atoms with E-state index in [2.05, 4.69) is 0 Å². The molecular formula is C21H22FNO3S. The Morgan fingerprint density at radius 1 is 1.22 bits per heavy atom. The number of rotatable bonds is 5. The van der Waals surface area contributed by atoms with E-state index in [9.17, 15) is 17.6 Å². The van der Waals surface area contributed by atoms with Gasteiger partial charge in [-0.3, -0.25) is 4.79 Å². The molecule has 0 radical (unpaired) electrons. The van der Waals surface area contributed by atoms with E-state index in [1.807, 2.05) is 31.2 Å². The molecule has 6 heteroatoms. The molecule has 1 atom stereocenters. The van der Waals surface area contributed by atoms with Gasteiger partial charge in [0.25, 0.3) is 0 Å². The van der Waals surface area contributed by atoms with Crippen molar-refractivity contribution in [1.82, 2.24) is 4.90 Å². The number of hydrogen-bond donors (Lipinski definition) is 0. The maximum Gasteiger partial charge on any atom is 0.247 e. The van der Waals surface area contributed by atoms with E-state index in [1.165, 1.54) is 23.1 Å². The lowest BCUT2D eigenvalue weighted by Crippen LogP contribution is -2.39. The molecule has 2 aromatic carbocycles. The zero-order valence-corrected chi connectivity index (χ0v) is 16.0. The van der Waals surface area contributed by atoms with Gasteiger partial charge in [-0.15, -0.1) is 0 Å². The summed E-state index contributed by atoms with van der Waals surface area (Å²) in [6.07, 6.45) is 3.57. The zero-order valence-electron chi connectivity index (χ0n) is 15.1. The summed E-state index contributed by atoms with van der Waals surface area (Å²) in [6.45, 7) is 2.16. The Bertz CT molecular complexity index is 952. The van der Waals surface area contributed by atoms with E-state index in [1.54, 1.807) is 18.2 Å². The van der Waals surface area contributed by atoms with Crippen molar-refractivity contribution in [1.29, 1.82) is 0 Å². The van der Waals surface area contributed by atoms with Crippen molar-refractivity contribution < 1.29 is 17.6 Å². The van der Waals surface area contributed by atoms with Crippen LogP contribution >= 0.6 is 0 Å². The summed E-state index contributed by atoms with van der Waals surface area (Å²) in [5, 5.41) is 0. The van der Waals surface area contributed by atoms with Crippen LogP contribution in [0.4, 0.5) is 4.39 Å². The third-order valence-electron chi connectivity index (χ3n) is 4.67. The SMILES string of the molecule is Cc1ccc(C=CC(=O)N(Cc2cccc(F)c2)C2CCS(=O)(=O)C2)cc1. The van der Waals surface area contributed by atoms with E-state index in [-0.39, 0.29) is 29.8 Å². The van der Waals surface area contributed by atoms with Crippen LogP contribution in [0.15, 0.2) is 54.6 Å². The molecule has 0 N–H and O–H groups in total. The molecule has 1 aliphatic rings. The Hall–Kier alpha value is -2.47. The second-order valence-electron chi connectivity index (χ2n) is 6.90. The van der Waals surface area contributed by atoms with Crippen LogP contribution < -0.4 is 0 Å². The lowest BCUT2D eigenvalue weighted by Gasteiger charge is -2.27. The number of benzene rings is 2. The van der Waals surface area contributed by atoms with Crippen molar-refractivity contribution in [3.63, 3.8) is 0 Å². The summed E-state index contributed by atoms with van der Waals surface area (Å²) in [5.74, 6) is -0.630. The van der Waals surface area contributed by atoms with E-state index < -0.39 is 15.9 Å². The number of nitrogens with zero attached hydrogens (tertiary/aromatic N) is 1. The second kappa shape index (κ2) is 8.05. The Kier molecular flexibility index (Phi) is 5.75. The minimum atomic E-state index is -3.14. The van der Waals surface area contributed by atoms with Gasteiger partial charge >= 0.3 is 0 Å². The lowest BCUT2D eigenvalue weighted by atomic mass is 10.1. The van der Waals surface area contributed by atoms with Gasteiger partial charge in [-0.2, -0.15) is 0 Å². The minimum Gasteiger partial charge on any atom is -0.331 e. The van der Waals surface area contributed by atoms with Crippen molar-refractivity contribution in [3.8, 4) is 0 Å². The van der Waals surface area contributed by atoms with Crippen LogP contribution in [-0.2, 0) is 21.2 Å². The smallest absolute Gasteiger partial charge is 0.247 e. The van der Waals surface area contributed by atoms with Crippen molar-refractivity contribution in [2.45, 2.75) is 25.9 Å². The summed E-state index contributed by atoms with van der Waals surface area (Å²) in [4.78, 5) is 14.4. The number of carbonyl (C=O) groups is 1. The van der Waals surface area contributed by atoms with Crippen LogP contribution in [-0.4, -0.2) is 36.8 Å². The molecule has 4 nitrogen and oxygen atoms in total. The average Bonchev–Trinajstić information content (AvgIpc) is 2.98. The maximum absolute atomic E-state index is 13.5. The predicted molar refractivity (Wildman–Crippen MR) is 104 cm³/mol. The summed E-state index contributed by atoms with van der Waals surface area (Å²) in [7, 11) is -3.14. The standard InChI is InChI=1S/C21H22FNO3S/c1-16-5-7-17(8-6-16)9-10-21(24)23(20-11-12-27(25,26)15-20)14-18-3-2-4-19(22)13-18/h2-10,13,20H,11-12,14-15H2,1H3. The van der Waals surface area contributed by atoms with E-state index in [4.69, 9.17) is 0 Å². The fourth-order valence-corrected chi connectivity index (χ4v) is 4.91. The number of carbonyl (C=O) groups excluding carboxylic acids is 1. The normalized spacial score (nSPS) is 18.7. The van der Waals surface area contributed by atoms with E-state index in [0.717, 1.165) is 11.1 Å². The van der Waals surface area contributed by atoms with Crippen LogP contribution in [0.1, 0.15) is 23.1 Å². The maximum atomic E-state index is 13.5. The molecule has 0 aromatic heterocycles. The molecule has 0 saturated carbocycles. The molecule has 142 valence electrons. The Labute approximate surface area is 159 Å². The fourth-order valence-electron chi connectivity index (χ4n) is 3.18. The minimum absolute atomic E-state index is 0.0492. The molecule has 0 aliphatic carbocycles. The summed E-state index contributed by atoms with van der Waals surface area (Å²) in [5.41, 5.74) is 2.65. The first-order chi connectivity index (χ1) is 12.8. The highest BCUT2D eigenvalue weighted by Gasteiger charge is 2.34. The van der Waals surface area contributed by atoms with Crippen molar-refractivity contribution in [2.75, 3.05) is 11.5 Å². The first kappa shape index (κ1) is 19.3. The monoisotopic (exact) mass is 387 g/mol. The van der Waals surface area contributed by atoms with Crippen molar-refractivity contribution >= 4 is 21.8 Å². The second-order valence-corrected chi connectivity index (χ2v) is 9.13. The number of sulfone groups is 1. The van der Waals surface area contributed by atoms with Crippen molar-refractivity contribution in [3.05, 3.63) is 77.1 Å². The first-order valence-corrected chi connectivity index (χ1v) is 10.6. The fraction of sp³-hybridized carbons (Fsp3) is 0.286. The first-order valence-electron chi connectivity index (χ1n) is 8.83. The van der Waals surface area contributed by atoms with Crippen LogP contribution in [0.3, 0.4) is 0 Å². The average molecular weight is 387 g/mol. The molecule has 1 unspecified atom stereocenters. The summed E-state index contributed by atoms with van der Waals surface area (Å²) in [6, 6.07) is 13.4. The number of halogens is 1. The Morgan fingerprint density at radius 3 is 2.59 bits per heavy atom. The molecule has 1 saturated heterocycles. The molecule has 27 heavy (non-hydrogen) atoms. The molecule has 0 bridgehead atoms. The van der Waals surface area contributed by atoms with Crippen LogP contribution in [0, 0.1) is 12.7 Å². The van der Waals surface area contributed by atoms with Gasteiger partial charge in [-0.1, -0.05) is 42.0 Å². The Morgan fingerprint density at radius 2 is 1.96 bits per heavy atom. The van der Waals surface area contributed by atoms with Gasteiger partial charge in [0.1, 0.15) is 5.82 Å². The van der Waals surface area contributed by atoms with E-state index in [0.29, 0.717) is 12.0 Å². The van der Waals surface area contributed by atoms with Gasteiger partial charge in [0, 0.05) is 18.7 Å². The molecule has 1 fully saturated rings. The summed E-state index contributed by atoms with van der Waals surface area (Å²) < 4.78 is 37.2. The van der Waals surface area contributed by atoms with Crippen LogP contribution in [0.25, 0.3) is 6.08 Å². The van der Waals surface area contributed by atoms with Gasteiger partial charge in [0.15, 0.2) is 9.84 Å². The van der Waals surface area contributed by atoms with Crippen LogP contribution in [0.5, 0.6) is 0 Å². The highest BCUT2D eigenvalue weighted by Crippen LogP contribution is 2.21. The van der Waals surface area contributed by atoms with Gasteiger partial charge in [0.05, 0.1) is 11.5 Å². The van der Waals surface area contributed by atoms with Crippen LogP contribution in [0.2, 0.25) is 0 Å². The molecule has 1 amide bonds. The van der Waals surface area contributed by atoms with Gasteiger partial charge in [-0.05, 0) is 42.7 Å². The highest BCUT2D eigenvalue weighted by molar-refractivity contribution is 7.91. The topological polar surface area (TPSA) is 54.5 Å². The van der Waals surface area contributed by atoms with E-state index >= 15 is 0 Å². The molecule has 1 heterocycles. The van der Waals surface area contributed by atoms with Gasteiger partial charge in [0.2, 0.25) is 5.91 Å². The van der Waals surface area contributed by atoms with Gasteiger partial charge in [-0.25, -0.2) is 12.8 Å². The quantitative estimate of drug-likeness (QED) is 0.739. The number of amides is 1. The Balaban J connectivity index is 1.81. The molecule has 2 aromatic rings. The number of hydrogen-bond acceptors (Lipinski definition) is 3. The highest BCUT2D eigenvalue weighted by atomic mass is 32.2. The molecule has 0 spiro atoms. The summed E-state index contributed by atoms with van der Waals surface area (Å²) >= 11 is 0. The third kappa shape index (κ3) is 5.26. The third-order valence-corrected chi connectivity index (χ3v) is 6.42. The molecule has 3 rings (SSSR count). The van der Waals surface area contributed by atoms with Crippen molar-refractivity contribution in [2.24, 2.45) is 0 Å². The zero-order chi connectivity index (χ0) is 19.4.